The number of amides is 1. The van der Waals surface area contributed by atoms with E-state index in [1.165, 1.54) is 6.42 Å². The van der Waals surface area contributed by atoms with Gasteiger partial charge in [0.05, 0.1) is 6.04 Å². The molecule has 1 heterocycles. The van der Waals surface area contributed by atoms with Crippen LogP contribution >= 0.6 is 0 Å². The van der Waals surface area contributed by atoms with E-state index < -0.39 is 0 Å². The summed E-state index contributed by atoms with van der Waals surface area (Å²) >= 11 is 0. The average Bonchev–Trinajstić information content (AvgIpc) is 2.28. The lowest BCUT2D eigenvalue weighted by Crippen LogP contribution is -2.51. The summed E-state index contributed by atoms with van der Waals surface area (Å²) in [7, 11) is 0. The highest BCUT2D eigenvalue weighted by molar-refractivity contribution is 5.81. The first-order chi connectivity index (χ1) is 7.56. The second-order valence-corrected chi connectivity index (χ2v) is 4.83. The second kappa shape index (κ2) is 6.21. The topological polar surface area (TPSA) is 58.4 Å². The first-order valence-corrected chi connectivity index (χ1v) is 6.33. The molecule has 94 valence electrons. The number of likely N-dealkylation sites (tertiary alicyclic amines) is 1. The Labute approximate surface area is 98.6 Å². The highest BCUT2D eigenvalue weighted by Crippen LogP contribution is 2.20. The smallest absolute Gasteiger partial charge is 0.237 e. The van der Waals surface area contributed by atoms with Crippen LogP contribution in [0.15, 0.2) is 0 Å². The zero-order valence-electron chi connectivity index (χ0n) is 10.7. The Morgan fingerprint density at radius 2 is 2.25 bits per heavy atom. The van der Waals surface area contributed by atoms with Crippen molar-refractivity contribution in [1.29, 1.82) is 0 Å². The zero-order chi connectivity index (χ0) is 12.1. The Kier molecular flexibility index (Phi) is 5.22. The van der Waals surface area contributed by atoms with Gasteiger partial charge in [-0.1, -0.05) is 0 Å². The summed E-state index contributed by atoms with van der Waals surface area (Å²) < 4.78 is 0. The molecule has 3 N–H and O–H groups in total. The molecule has 0 spiro atoms. The van der Waals surface area contributed by atoms with Crippen LogP contribution in [0.2, 0.25) is 0 Å². The molecule has 0 aromatic rings. The molecule has 1 fully saturated rings. The fourth-order valence-corrected chi connectivity index (χ4v) is 2.31. The Balaban J connectivity index is 2.49. The summed E-state index contributed by atoms with van der Waals surface area (Å²) in [6, 6.07) is 0.200. The summed E-state index contributed by atoms with van der Waals surface area (Å²) in [6.07, 6.45) is 2.34. The van der Waals surface area contributed by atoms with Crippen molar-refractivity contribution in [2.75, 3.05) is 19.6 Å². The minimum atomic E-state index is -0.0264. The van der Waals surface area contributed by atoms with Gasteiger partial charge in [0.1, 0.15) is 0 Å². The van der Waals surface area contributed by atoms with E-state index in [-0.39, 0.29) is 18.0 Å². The van der Waals surface area contributed by atoms with Gasteiger partial charge in [0, 0.05) is 19.1 Å². The van der Waals surface area contributed by atoms with Gasteiger partial charge < -0.3 is 11.1 Å². The van der Waals surface area contributed by atoms with Crippen LogP contribution in [-0.2, 0) is 4.79 Å². The first kappa shape index (κ1) is 13.5. The van der Waals surface area contributed by atoms with Crippen molar-refractivity contribution in [3.63, 3.8) is 0 Å². The molecule has 0 aromatic heterocycles. The highest BCUT2D eigenvalue weighted by Gasteiger charge is 2.28. The maximum Gasteiger partial charge on any atom is 0.237 e. The van der Waals surface area contributed by atoms with Gasteiger partial charge >= 0.3 is 0 Å². The Morgan fingerprint density at radius 3 is 2.81 bits per heavy atom. The van der Waals surface area contributed by atoms with Crippen molar-refractivity contribution in [3.8, 4) is 0 Å². The fraction of sp³-hybridized carbons (Fsp3) is 0.917. The van der Waals surface area contributed by atoms with Crippen molar-refractivity contribution in [2.45, 2.75) is 45.7 Å². The molecule has 4 nitrogen and oxygen atoms in total. The maximum absolute atomic E-state index is 11.7. The van der Waals surface area contributed by atoms with E-state index >= 15 is 0 Å². The molecule has 16 heavy (non-hydrogen) atoms. The molecule has 1 aliphatic heterocycles. The average molecular weight is 227 g/mol. The van der Waals surface area contributed by atoms with E-state index in [2.05, 4.69) is 17.1 Å². The van der Waals surface area contributed by atoms with Crippen molar-refractivity contribution < 1.29 is 4.79 Å². The molecule has 1 aliphatic rings. The standard InChI is InChI=1S/C12H25N3O/c1-4-14-12(16)10(3)15-7-5-6-11(8-15)9(2)13/h9-11H,4-8,13H2,1-3H3,(H,14,16). The summed E-state index contributed by atoms with van der Waals surface area (Å²) in [5.41, 5.74) is 5.94. The van der Waals surface area contributed by atoms with Crippen LogP contribution in [-0.4, -0.2) is 42.5 Å². The van der Waals surface area contributed by atoms with Crippen LogP contribution in [0.1, 0.15) is 33.6 Å². The van der Waals surface area contributed by atoms with Gasteiger partial charge in [-0.2, -0.15) is 0 Å². The van der Waals surface area contributed by atoms with E-state index in [1.807, 2.05) is 13.8 Å². The van der Waals surface area contributed by atoms with E-state index in [0.717, 1.165) is 19.5 Å². The van der Waals surface area contributed by atoms with Crippen LogP contribution in [0.3, 0.4) is 0 Å². The van der Waals surface area contributed by atoms with E-state index in [0.29, 0.717) is 12.5 Å². The number of likely N-dealkylation sites (N-methyl/N-ethyl adjacent to an activating group) is 1. The van der Waals surface area contributed by atoms with Crippen LogP contribution in [0.4, 0.5) is 0 Å². The molecule has 3 atom stereocenters. The van der Waals surface area contributed by atoms with Crippen LogP contribution in [0, 0.1) is 5.92 Å². The van der Waals surface area contributed by atoms with Gasteiger partial charge in [-0.05, 0) is 46.1 Å². The minimum Gasteiger partial charge on any atom is -0.355 e. The van der Waals surface area contributed by atoms with Gasteiger partial charge in [0.25, 0.3) is 0 Å². The van der Waals surface area contributed by atoms with Crippen molar-refractivity contribution in [2.24, 2.45) is 11.7 Å². The lowest BCUT2D eigenvalue weighted by atomic mass is 9.91. The lowest BCUT2D eigenvalue weighted by molar-refractivity contribution is -0.126. The molecule has 3 unspecified atom stereocenters. The predicted molar refractivity (Wildman–Crippen MR) is 66.1 cm³/mol. The molecule has 1 rings (SSSR count). The zero-order valence-corrected chi connectivity index (χ0v) is 10.7. The number of nitrogens with one attached hydrogen (secondary N) is 1. The number of nitrogens with two attached hydrogens (primary N) is 1. The van der Waals surface area contributed by atoms with Crippen LogP contribution in [0.25, 0.3) is 0 Å². The molecule has 0 bridgehead atoms. The molecular formula is C12H25N3O. The second-order valence-electron chi connectivity index (χ2n) is 4.83. The predicted octanol–water partition coefficient (Wildman–Crippen LogP) is 0.570. The number of hydrogen-bond acceptors (Lipinski definition) is 3. The fourth-order valence-electron chi connectivity index (χ4n) is 2.31. The number of nitrogens with zero attached hydrogens (tertiary/aromatic N) is 1. The van der Waals surface area contributed by atoms with Crippen LogP contribution in [0.5, 0.6) is 0 Å². The highest BCUT2D eigenvalue weighted by atomic mass is 16.2. The molecule has 0 aliphatic carbocycles. The number of carbonyl (C=O) groups excluding carboxylic acids is 1. The van der Waals surface area contributed by atoms with Crippen molar-refractivity contribution in [3.05, 3.63) is 0 Å². The van der Waals surface area contributed by atoms with Crippen LogP contribution < -0.4 is 11.1 Å². The number of rotatable bonds is 4. The third-order valence-corrected chi connectivity index (χ3v) is 3.51. The normalized spacial score (nSPS) is 26.1. The Bertz CT molecular complexity index is 230. The molecule has 4 heteroatoms. The van der Waals surface area contributed by atoms with Gasteiger partial charge in [-0.15, -0.1) is 0 Å². The number of piperidine rings is 1. The lowest BCUT2D eigenvalue weighted by Gasteiger charge is -2.37. The van der Waals surface area contributed by atoms with Gasteiger partial charge in [0.2, 0.25) is 5.91 Å². The monoisotopic (exact) mass is 227 g/mol. The molecule has 0 saturated carbocycles. The summed E-state index contributed by atoms with van der Waals surface area (Å²) in [4.78, 5) is 14.0. The van der Waals surface area contributed by atoms with E-state index in [4.69, 9.17) is 5.73 Å². The third kappa shape index (κ3) is 3.46. The van der Waals surface area contributed by atoms with E-state index in [9.17, 15) is 4.79 Å². The summed E-state index contributed by atoms with van der Waals surface area (Å²) in [6.45, 7) is 8.66. The van der Waals surface area contributed by atoms with E-state index in [1.54, 1.807) is 0 Å². The largest absolute Gasteiger partial charge is 0.355 e. The van der Waals surface area contributed by atoms with Gasteiger partial charge in [-0.3, -0.25) is 9.69 Å². The minimum absolute atomic E-state index is 0.0264. The maximum atomic E-state index is 11.7. The summed E-state index contributed by atoms with van der Waals surface area (Å²) in [5.74, 6) is 0.665. The number of hydrogen-bond donors (Lipinski definition) is 2. The Hall–Kier alpha value is -0.610. The first-order valence-electron chi connectivity index (χ1n) is 6.33. The molecule has 1 amide bonds. The molecular weight excluding hydrogens is 202 g/mol. The van der Waals surface area contributed by atoms with Gasteiger partial charge in [-0.25, -0.2) is 0 Å². The van der Waals surface area contributed by atoms with Gasteiger partial charge in [0.15, 0.2) is 0 Å². The van der Waals surface area contributed by atoms with Crippen molar-refractivity contribution >= 4 is 5.91 Å². The summed E-state index contributed by atoms with van der Waals surface area (Å²) in [5, 5.41) is 2.87. The quantitative estimate of drug-likeness (QED) is 0.738. The van der Waals surface area contributed by atoms with Crippen molar-refractivity contribution in [1.82, 2.24) is 10.2 Å². The number of carbonyl (C=O) groups is 1. The molecule has 0 aromatic carbocycles. The third-order valence-electron chi connectivity index (χ3n) is 3.51. The molecule has 1 saturated heterocycles. The molecule has 0 radical (unpaired) electrons. The SMILES string of the molecule is CCNC(=O)C(C)N1CCCC(C(C)N)C1. The Morgan fingerprint density at radius 1 is 1.56 bits per heavy atom.